The predicted molar refractivity (Wildman–Crippen MR) is 125 cm³/mol. The summed E-state index contributed by atoms with van der Waals surface area (Å²) in [5.74, 6) is 0.415. The summed E-state index contributed by atoms with van der Waals surface area (Å²) in [5, 5.41) is 17.5. The van der Waals surface area contributed by atoms with E-state index < -0.39 is 17.0 Å². The molecule has 0 fully saturated rings. The van der Waals surface area contributed by atoms with Gasteiger partial charge in [0.15, 0.2) is 0 Å². The molecule has 0 saturated heterocycles. The van der Waals surface area contributed by atoms with Crippen LogP contribution in [0.4, 0.5) is 0 Å². The number of hydrogen-bond acceptors (Lipinski definition) is 2. The van der Waals surface area contributed by atoms with E-state index in [1.165, 1.54) is 10.9 Å². The van der Waals surface area contributed by atoms with Crippen LogP contribution in [0.3, 0.4) is 0 Å². The molecule has 1 unspecified atom stereocenters. The quantitative estimate of drug-likeness (QED) is 0.289. The first-order valence-electron chi connectivity index (χ1n) is 9.10. The standard InChI is InChI=1S/C22H25N2OP.2ClH.Ti/c1-16-13-18(22(2,3)4)21(25)20(14-16)26-19-10-6-5-9-17(19)15-23-24-11-7-8-12-24;;;/h5-15,25-26H,1-4H3;2*1H;/q;;;+2/p-2. The fourth-order valence-corrected chi connectivity index (χ4v) is 4.16. The van der Waals surface area contributed by atoms with E-state index in [0.29, 0.717) is 14.3 Å². The van der Waals surface area contributed by atoms with Crippen LogP contribution in [0.25, 0.3) is 0 Å². The first-order chi connectivity index (χ1) is 13.8. The first-order valence-corrected chi connectivity index (χ1v) is 14.4. The second kappa shape index (κ2) is 11.3. The van der Waals surface area contributed by atoms with Crippen molar-refractivity contribution in [3.63, 3.8) is 0 Å². The Morgan fingerprint density at radius 3 is 2.28 bits per heavy atom. The summed E-state index contributed by atoms with van der Waals surface area (Å²) in [6, 6.07) is 16.3. The van der Waals surface area contributed by atoms with Crippen LogP contribution in [0.2, 0.25) is 0 Å². The normalized spacial score (nSPS) is 11.7. The van der Waals surface area contributed by atoms with Crippen molar-refractivity contribution in [2.75, 3.05) is 0 Å². The summed E-state index contributed by atoms with van der Waals surface area (Å²) in [6.07, 6.45) is 5.69. The maximum atomic E-state index is 10.9. The zero-order valence-corrected chi connectivity index (χ0v) is 21.0. The van der Waals surface area contributed by atoms with Gasteiger partial charge >= 0.3 is 35.6 Å². The van der Waals surface area contributed by atoms with Crippen LogP contribution in [0, 0.1) is 6.92 Å². The van der Waals surface area contributed by atoms with E-state index in [-0.39, 0.29) is 5.41 Å². The Morgan fingerprint density at radius 2 is 1.66 bits per heavy atom. The van der Waals surface area contributed by atoms with Crippen molar-refractivity contribution < 1.29 is 22.1 Å². The molecule has 1 atom stereocenters. The van der Waals surface area contributed by atoms with Crippen molar-refractivity contribution in [1.82, 2.24) is 4.68 Å². The summed E-state index contributed by atoms with van der Waals surface area (Å²) in [7, 11) is 10.1. The van der Waals surface area contributed by atoms with Gasteiger partial charge in [-0.15, -0.1) is 0 Å². The zero-order chi connectivity index (χ0) is 21.4. The van der Waals surface area contributed by atoms with Crippen molar-refractivity contribution in [1.29, 1.82) is 0 Å². The summed E-state index contributed by atoms with van der Waals surface area (Å²) in [5.41, 5.74) is 3.15. The Kier molecular flexibility index (Phi) is 9.46. The van der Waals surface area contributed by atoms with Crippen molar-refractivity contribution in [2.24, 2.45) is 5.10 Å². The van der Waals surface area contributed by atoms with E-state index in [0.717, 1.165) is 16.4 Å². The summed E-state index contributed by atoms with van der Waals surface area (Å²) in [4.78, 5) is 0. The molecule has 0 amide bonds. The molecule has 3 nitrogen and oxygen atoms in total. The average Bonchev–Trinajstić information content (AvgIpc) is 3.17. The topological polar surface area (TPSA) is 37.5 Å². The molecule has 0 saturated carbocycles. The number of aromatic nitrogens is 1. The monoisotopic (exact) mass is 482 g/mol. The summed E-state index contributed by atoms with van der Waals surface area (Å²) >= 11 is -0.556. The fraction of sp³-hybridized carbons (Fsp3) is 0.227. The van der Waals surface area contributed by atoms with Gasteiger partial charge in [0.25, 0.3) is 0 Å². The molecule has 1 heterocycles. The summed E-state index contributed by atoms with van der Waals surface area (Å²) < 4.78 is 1.78. The van der Waals surface area contributed by atoms with Crippen LogP contribution in [-0.4, -0.2) is 16.0 Å². The number of hydrogen-bond donors (Lipinski definition) is 1. The molecule has 2 aromatic carbocycles. The van der Waals surface area contributed by atoms with Gasteiger partial charge in [0.05, 0.1) is 6.21 Å². The molecular formula is C22H25Cl2N2OPTi. The number of aryl methyl sites for hydroxylation is 1. The van der Waals surface area contributed by atoms with Gasteiger partial charge in [-0.2, -0.15) is 5.10 Å². The Balaban J connectivity index is 0.000000941. The Morgan fingerprint density at radius 1 is 1.03 bits per heavy atom. The molecule has 1 aromatic heterocycles. The van der Waals surface area contributed by atoms with E-state index >= 15 is 0 Å². The molecule has 1 N–H and O–H groups in total. The van der Waals surface area contributed by atoms with Crippen molar-refractivity contribution >= 4 is 44.0 Å². The molecule has 152 valence electrons. The van der Waals surface area contributed by atoms with Crippen LogP contribution in [0.15, 0.2) is 66.0 Å². The molecule has 3 aromatic rings. The molecule has 0 aliphatic rings. The second-order valence-corrected chi connectivity index (χ2v) is 11.5. The Hall–Kier alpha value is -1.09. The van der Waals surface area contributed by atoms with Crippen molar-refractivity contribution in [2.45, 2.75) is 33.1 Å². The van der Waals surface area contributed by atoms with Crippen LogP contribution in [0.5, 0.6) is 5.75 Å². The third kappa shape index (κ3) is 7.28. The molecule has 29 heavy (non-hydrogen) atoms. The second-order valence-electron chi connectivity index (χ2n) is 7.55. The average molecular weight is 483 g/mol. The van der Waals surface area contributed by atoms with Gasteiger partial charge in [0, 0.05) is 28.8 Å². The molecule has 0 radical (unpaired) electrons. The van der Waals surface area contributed by atoms with Gasteiger partial charge in [-0.05, 0) is 41.4 Å². The van der Waals surface area contributed by atoms with E-state index in [1.54, 1.807) is 4.68 Å². The first kappa shape index (κ1) is 24.2. The molecule has 0 spiro atoms. The molecular weight excluding hydrogens is 458 g/mol. The van der Waals surface area contributed by atoms with Gasteiger partial charge in [0.2, 0.25) is 0 Å². The minimum atomic E-state index is -0.556. The van der Waals surface area contributed by atoms with Crippen LogP contribution in [0.1, 0.15) is 37.5 Å². The third-order valence-electron chi connectivity index (χ3n) is 4.21. The number of aromatic hydroxyl groups is 1. The molecule has 0 aliphatic carbocycles. The van der Waals surface area contributed by atoms with E-state index in [2.05, 4.69) is 57.1 Å². The zero-order valence-electron chi connectivity index (χ0n) is 16.9. The predicted octanol–water partition coefficient (Wildman–Crippen LogP) is 5.69. The minimum absolute atomic E-state index is 0.0925. The van der Waals surface area contributed by atoms with E-state index in [4.69, 9.17) is 18.6 Å². The number of phenolic OH excluding ortho intramolecular Hbond substituents is 1. The van der Waals surface area contributed by atoms with E-state index in [9.17, 15) is 5.11 Å². The molecule has 7 heteroatoms. The Bertz CT molecular complexity index is 954. The van der Waals surface area contributed by atoms with Crippen molar-refractivity contribution in [3.05, 3.63) is 77.6 Å². The molecule has 0 aliphatic heterocycles. The third-order valence-corrected chi connectivity index (χ3v) is 5.59. The van der Waals surface area contributed by atoms with E-state index in [1.807, 2.05) is 42.9 Å². The van der Waals surface area contributed by atoms with Gasteiger partial charge in [-0.3, -0.25) is 0 Å². The van der Waals surface area contributed by atoms with Crippen LogP contribution in [-0.2, 0) is 22.4 Å². The number of halogens is 2. The van der Waals surface area contributed by atoms with Crippen molar-refractivity contribution in [3.8, 4) is 5.75 Å². The van der Waals surface area contributed by atoms with Gasteiger partial charge in [-0.25, -0.2) is 4.68 Å². The Labute approximate surface area is 191 Å². The fourth-order valence-electron chi connectivity index (χ4n) is 2.85. The number of nitrogens with zero attached hydrogens (tertiary/aromatic N) is 2. The maximum absolute atomic E-state index is 10.9. The number of phenols is 1. The van der Waals surface area contributed by atoms with Crippen LogP contribution < -0.4 is 10.6 Å². The molecule has 0 bridgehead atoms. The van der Waals surface area contributed by atoms with Gasteiger partial charge in [-0.1, -0.05) is 59.7 Å². The van der Waals surface area contributed by atoms with Gasteiger partial charge in [0.1, 0.15) is 5.75 Å². The van der Waals surface area contributed by atoms with Crippen LogP contribution >= 0.6 is 27.2 Å². The summed E-state index contributed by atoms with van der Waals surface area (Å²) in [6.45, 7) is 8.48. The number of benzene rings is 2. The number of rotatable bonds is 4. The van der Waals surface area contributed by atoms with Gasteiger partial charge < -0.3 is 5.11 Å². The molecule has 3 rings (SSSR count). The SMILES string of the molecule is Cc1cc(Pc2ccccc2C=Nn2cccc2)c(O)c(C(C)(C)C)c1.[Cl][Ti][Cl].